The normalized spacial score (nSPS) is 14.6. The van der Waals surface area contributed by atoms with Crippen LogP contribution < -0.4 is 11.3 Å². The summed E-state index contributed by atoms with van der Waals surface area (Å²) in [6.07, 6.45) is -12.0. The molecule has 0 bridgehead atoms. The van der Waals surface area contributed by atoms with Crippen LogP contribution in [-0.2, 0) is 6.42 Å². The maximum atomic E-state index is 13.5. The summed E-state index contributed by atoms with van der Waals surface area (Å²) in [4.78, 5) is 0. The minimum Gasteiger partial charge on any atom is -0.271 e. The van der Waals surface area contributed by atoms with Crippen LogP contribution >= 0.6 is 11.6 Å². The molecular weight excluding hydrogens is 329 g/mol. The molecule has 120 valence electrons. The summed E-state index contributed by atoms with van der Waals surface area (Å²) in [7, 11) is 0. The summed E-state index contributed by atoms with van der Waals surface area (Å²) in [6.45, 7) is 0. The van der Waals surface area contributed by atoms with E-state index in [2.05, 4.69) is 0 Å². The molecule has 21 heavy (non-hydrogen) atoms. The zero-order chi connectivity index (χ0) is 16.4. The number of hydrogen-bond donors (Lipinski definition) is 2. The molecule has 10 heteroatoms. The molecule has 0 radical (unpaired) electrons. The van der Waals surface area contributed by atoms with Crippen molar-refractivity contribution in [1.82, 2.24) is 5.43 Å². The van der Waals surface area contributed by atoms with Gasteiger partial charge in [0.2, 0.25) is 0 Å². The minimum atomic E-state index is -5.57. The average Bonchev–Trinajstić information content (AvgIpc) is 2.27. The Morgan fingerprint density at radius 3 is 2.00 bits per heavy atom. The van der Waals surface area contributed by atoms with E-state index in [1.54, 1.807) is 0 Å². The van der Waals surface area contributed by atoms with Gasteiger partial charge in [0.25, 0.3) is 0 Å². The Balaban J connectivity index is 3.10. The molecule has 1 aromatic carbocycles. The van der Waals surface area contributed by atoms with Crippen molar-refractivity contribution in [2.24, 2.45) is 11.8 Å². The van der Waals surface area contributed by atoms with E-state index in [-0.39, 0.29) is 10.6 Å². The molecule has 0 saturated carbocycles. The highest BCUT2D eigenvalue weighted by molar-refractivity contribution is 6.30. The number of rotatable bonds is 4. The van der Waals surface area contributed by atoms with Crippen LogP contribution in [0.4, 0.5) is 30.7 Å². The van der Waals surface area contributed by atoms with Gasteiger partial charge in [0, 0.05) is 11.1 Å². The molecule has 1 aromatic rings. The lowest BCUT2D eigenvalue weighted by Gasteiger charge is -2.30. The molecule has 1 atom stereocenters. The number of halogens is 8. The van der Waals surface area contributed by atoms with E-state index in [4.69, 9.17) is 17.4 Å². The first-order valence-electron chi connectivity index (χ1n) is 5.50. The van der Waals surface area contributed by atoms with Gasteiger partial charge in [0.1, 0.15) is 5.82 Å². The molecule has 2 nitrogen and oxygen atoms in total. The SMILES string of the molecule is NNC(Cc1ccc(Cl)cc1F)C(C(F)(F)F)C(F)(F)F. The van der Waals surface area contributed by atoms with Crippen LogP contribution in [0.3, 0.4) is 0 Å². The summed E-state index contributed by atoms with van der Waals surface area (Å²) in [5.74, 6) is 0.0703. The zero-order valence-corrected chi connectivity index (χ0v) is 11.0. The third-order valence-corrected chi connectivity index (χ3v) is 3.01. The third kappa shape index (κ3) is 4.72. The summed E-state index contributed by atoms with van der Waals surface area (Å²) in [6, 6.07) is 0.691. The Bertz CT molecular complexity index is 472. The molecule has 0 aliphatic carbocycles. The first kappa shape index (κ1) is 18.0. The Hall–Kier alpha value is -1.06. The number of alkyl halides is 6. The van der Waals surface area contributed by atoms with Crippen LogP contribution in [0.2, 0.25) is 5.02 Å². The first-order valence-corrected chi connectivity index (χ1v) is 5.88. The Morgan fingerprint density at radius 2 is 1.62 bits per heavy atom. The van der Waals surface area contributed by atoms with Gasteiger partial charge in [-0.25, -0.2) is 4.39 Å². The van der Waals surface area contributed by atoms with Crippen LogP contribution in [0.5, 0.6) is 0 Å². The van der Waals surface area contributed by atoms with Crippen LogP contribution in [-0.4, -0.2) is 18.4 Å². The summed E-state index contributed by atoms with van der Waals surface area (Å²) < 4.78 is 89.0. The highest BCUT2D eigenvalue weighted by Crippen LogP contribution is 2.42. The van der Waals surface area contributed by atoms with E-state index in [1.807, 2.05) is 0 Å². The van der Waals surface area contributed by atoms with Gasteiger partial charge in [0.05, 0.1) is 0 Å². The van der Waals surface area contributed by atoms with Crippen LogP contribution in [0.15, 0.2) is 18.2 Å². The van der Waals surface area contributed by atoms with Gasteiger partial charge in [-0.1, -0.05) is 17.7 Å². The van der Waals surface area contributed by atoms with Crippen molar-refractivity contribution in [3.63, 3.8) is 0 Å². The molecule has 0 aliphatic rings. The molecule has 0 heterocycles. The monoisotopic (exact) mass is 338 g/mol. The van der Waals surface area contributed by atoms with Crippen molar-refractivity contribution in [2.75, 3.05) is 0 Å². The second-order valence-electron chi connectivity index (χ2n) is 4.27. The number of nitrogens with two attached hydrogens (primary N) is 1. The maximum Gasteiger partial charge on any atom is 0.402 e. The van der Waals surface area contributed by atoms with E-state index in [9.17, 15) is 30.7 Å². The fraction of sp³-hybridized carbons (Fsp3) is 0.455. The lowest BCUT2D eigenvalue weighted by Crippen LogP contribution is -2.54. The number of hydrogen-bond acceptors (Lipinski definition) is 2. The fourth-order valence-corrected chi connectivity index (χ4v) is 2.00. The summed E-state index contributed by atoms with van der Waals surface area (Å²) in [5, 5.41) is -0.0308. The van der Waals surface area contributed by atoms with Crippen molar-refractivity contribution < 1.29 is 30.7 Å². The van der Waals surface area contributed by atoms with Crippen molar-refractivity contribution in [3.05, 3.63) is 34.6 Å². The first-order chi connectivity index (χ1) is 9.46. The molecule has 0 amide bonds. The highest BCUT2D eigenvalue weighted by Gasteiger charge is 2.60. The van der Waals surface area contributed by atoms with Gasteiger partial charge in [-0.15, -0.1) is 0 Å². The fourth-order valence-electron chi connectivity index (χ4n) is 1.84. The lowest BCUT2D eigenvalue weighted by molar-refractivity contribution is -0.291. The van der Waals surface area contributed by atoms with Gasteiger partial charge in [-0.3, -0.25) is 11.3 Å². The molecule has 3 N–H and O–H groups in total. The number of benzene rings is 1. The van der Waals surface area contributed by atoms with E-state index >= 15 is 0 Å². The molecule has 0 spiro atoms. The zero-order valence-electron chi connectivity index (χ0n) is 10.2. The standard InChI is InChI=1S/C11H10ClF7N2/c12-6-2-1-5(7(13)4-6)3-8(21-20)9(10(14,15)16)11(17,18)19/h1-2,4,8-9,21H,3,20H2. The topological polar surface area (TPSA) is 38.0 Å². The minimum absolute atomic E-state index is 0.0308. The van der Waals surface area contributed by atoms with Gasteiger partial charge in [-0.05, 0) is 24.1 Å². The molecule has 1 rings (SSSR count). The smallest absolute Gasteiger partial charge is 0.271 e. The Kier molecular flexibility index (Phi) is 5.46. The van der Waals surface area contributed by atoms with E-state index < -0.39 is 36.6 Å². The molecule has 0 aromatic heterocycles. The largest absolute Gasteiger partial charge is 0.402 e. The second-order valence-corrected chi connectivity index (χ2v) is 4.71. The molecular formula is C11H10ClF7N2. The summed E-state index contributed by atoms with van der Waals surface area (Å²) >= 11 is 5.45. The van der Waals surface area contributed by atoms with Gasteiger partial charge in [0.15, 0.2) is 5.92 Å². The molecule has 0 saturated heterocycles. The number of nitrogens with one attached hydrogen (secondary N) is 1. The van der Waals surface area contributed by atoms with E-state index in [0.717, 1.165) is 18.2 Å². The number of hydrazine groups is 1. The van der Waals surface area contributed by atoms with E-state index in [1.165, 1.54) is 5.43 Å². The predicted octanol–water partition coefficient (Wildman–Crippen LogP) is 3.59. The summed E-state index contributed by atoms with van der Waals surface area (Å²) in [5.41, 5.74) is 1.11. The van der Waals surface area contributed by atoms with Crippen molar-refractivity contribution in [3.8, 4) is 0 Å². The Labute approximate surface area is 120 Å². The van der Waals surface area contributed by atoms with E-state index in [0.29, 0.717) is 0 Å². The van der Waals surface area contributed by atoms with Gasteiger partial charge >= 0.3 is 12.4 Å². The quantitative estimate of drug-likeness (QED) is 0.500. The average molecular weight is 339 g/mol. The second kappa shape index (κ2) is 6.37. The van der Waals surface area contributed by atoms with Gasteiger partial charge in [-0.2, -0.15) is 26.3 Å². The van der Waals surface area contributed by atoms with Crippen molar-refractivity contribution >= 4 is 11.6 Å². The third-order valence-electron chi connectivity index (χ3n) is 2.78. The molecule has 1 unspecified atom stereocenters. The van der Waals surface area contributed by atoms with Crippen LogP contribution in [0, 0.1) is 11.7 Å². The van der Waals surface area contributed by atoms with Crippen molar-refractivity contribution in [2.45, 2.75) is 24.8 Å². The maximum absolute atomic E-state index is 13.5. The molecule has 0 aliphatic heterocycles. The Morgan fingerprint density at radius 1 is 1.10 bits per heavy atom. The van der Waals surface area contributed by atoms with Gasteiger partial charge < -0.3 is 0 Å². The predicted molar refractivity (Wildman–Crippen MR) is 61.8 cm³/mol. The molecule has 0 fully saturated rings. The van der Waals surface area contributed by atoms with Crippen LogP contribution in [0.25, 0.3) is 0 Å². The highest BCUT2D eigenvalue weighted by atomic mass is 35.5. The van der Waals surface area contributed by atoms with Crippen molar-refractivity contribution in [1.29, 1.82) is 0 Å². The lowest BCUT2D eigenvalue weighted by atomic mass is 9.92. The van der Waals surface area contributed by atoms with Crippen LogP contribution in [0.1, 0.15) is 5.56 Å².